The van der Waals surface area contributed by atoms with Crippen LogP contribution in [0.1, 0.15) is 31.4 Å². The van der Waals surface area contributed by atoms with E-state index in [1.807, 2.05) is 38.1 Å². The summed E-state index contributed by atoms with van der Waals surface area (Å²) in [4.78, 5) is 28.2. The number of carbonyl (C=O) groups is 2. The third-order valence-electron chi connectivity index (χ3n) is 5.96. The molecule has 1 unspecified atom stereocenters. The van der Waals surface area contributed by atoms with Crippen molar-refractivity contribution in [2.45, 2.75) is 44.7 Å². The lowest BCUT2D eigenvalue weighted by molar-refractivity contribution is -0.139. The van der Waals surface area contributed by atoms with Crippen LogP contribution in [-0.2, 0) is 26.2 Å². The van der Waals surface area contributed by atoms with Gasteiger partial charge in [0.15, 0.2) is 0 Å². The van der Waals surface area contributed by atoms with Gasteiger partial charge < -0.3 is 10.2 Å². The van der Waals surface area contributed by atoms with Gasteiger partial charge in [0.1, 0.15) is 12.6 Å². The number of nitrogens with one attached hydrogen (secondary N) is 1. The van der Waals surface area contributed by atoms with Gasteiger partial charge in [-0.15, -0.1) is 0 Å². The lowest BCUT2D eigenvalue weighted by Gasteiger charge is -2.32. The summed E-state index contributed by atoms with van der Waals surface area (Å²) in [5, 5.41) is 2.84. The molecule has 0 fully saturated rings. The van der Waals surface area contributed by atoms with Gasteiger partial charge in [-0.25, -0.2) is 8.42 Å². The summed E-state index contributed by atoms with van der Waals surface area (Å²) in [6, 6.07) is 19.8. The number of hydrogen-bond donors (Lipinski definition) is 1. The van der Waals surface area contributed by atoms with E-state index >= 15 is 0 Å². The number of carbonyl (C=O) groups excluding carboxylic acids is 2. The highest BCUT2D eigenvalue weighted by molar-refractivity contribution is 9.10. The second-order valence-corrected chi connectivity index (χ2v) is 12.6. The van der Waals surface area contributed by atoms with Crippen molar-refractivity contribution in [2.24, 2.45) is 0 Å². The Morgan fingerprint density at radius 3 is 2.21 bits per heavy atom. The molecule has 3 rings (SSSR count). The molecule has 0 spiro atoms. The molecular weight excluding hydrogens is 634 g/mol. The number of aryl methyl sites for hydroxylation is 1. The second kappa shape index (κ2) is 13.4. The lowest BCUT2D eigenvalue weighted by Crippen LogP contribution is -2.51. The molecule has 0 saturated heterocycles. The molecule has 3 aromatic rings. The van der Waals surface area contributed by atoms with Gasteiger partial charge in [0.2, 0.25) is 11.8 Å². The maximum Gasteiger partial charge on any atom is 0.264 e. The molecule has 1 atom stereocenters. The summed E-state index contributed by atoms with van der Waals surface area (Å²) in [6.45, 7) is 5.61. The number of hydrogen-bond acceptors (Lipinski definition) is 4. The first-order valence-corrected chi connectivity index (χ1v) is 15.2. The maximum atomic E-state index is 13.9. The Kier molecular flexibility index (Phi) is 10.5. The molecule has 38 heavy (non-hydrogen) atoms. The number of sulfonamides is 1. The van der Waals surface area contributed by atoms with Crippen LogP contribution >= 0.6 is 31.9 Å². The molecule has 0 aliphatic carbocycles. The Hall–Kier alpha value is -2.69. The highest BCUT2D eigenvalue weighted by Crippen LogP contribution is 2.26. The smallest absolute Gasteiger partial charge is 0.264 e. The Balaban J connectivity index is 2.01. The van der Waals surface area contributed by atoms with E-state index in [1.54, 1.807) is 43.3 Å². The van der Waals surface area contributed by atoms with Crippen molar-refractivity contribution in [3.05, 3.63) is 92.9 Å². The molecule has 0 aromatic heterocycles. The number of rotatable bonds is 11. The first kappa shape index (κ1) is 29.9. The van der Waals surface area contributed by atoms with Crippen LogP contribution in [0.2, 0.25) is 0 Å². The third-order valence-corrected chi connectivity index (χ3v) is 8.77. The van der Waals surface area contributed by atoms with Crippen LogP contribution in [0, 0.1) is 6.92 Å². The van der Waals surface area contributed by atoms with E-state index in [-0.39, 0.29) is 17.3 Å². The molecular formula is C28H31Br2N3O4S. The maximum absolute atomic E-state index is 13.9. The topological polar surface area (TPSA) is 86.8 Å². The van der Waals surface area contributed by atoms with Gasteiger partial charge in [0.05, 0.1) is 10.6 Å². The fourth-order valence-corrected chi connectivity index (χ4v) is 5.91. The van der Waals surface area contributed by atoms with Crippen LogP contribution in [-0.4, -0.2) is 44.3 Å². The first-order valence-electron chi connectivity index (χ1n) is 12.2. The molecule has 7 nitrogen and oxygen atoms in total. The molecule has 0 saturated carbocycles. The van der Waals surface area contributed by atoms with Gasteiger partial charge in [-0.3, -0.25) is 13.9 Å². The number of benzene rings is 3. The lowest BCUT2D eigenvalue weighted by atomic mass is 10.1. The van der Waals surface area contributed by atoms with E-state index in [2.05, 4.69) is 37.2 Å². The van der Waals surface area contributed by atoms with Crippen LogP contribution < -0.4 is 9.62 Å². The van der Waals surface area contributed by atoms with Crippen molar-refractivity contribution in [3.8, 4) is 0 Å². The molecule has 0 aliphatic rings. The summed E-state index contributed by atoms with van der Waals surface area (Å²) in [6.07, 6.45) is 0.754. The van der Waals surface area contributed by atoms with E-state index < -0.39 is 28.5 Å². The zero-order valence-corrected chi connectivity index (χ0v) is 25.5. The Bertz CT molecular complexity index is 1360. The van der Waals surface area contributed by atoms with E-state index in [0.29, 0.717) is 12.2 Å². The summed E-state index contributed by atoms with van der Waals surface area (Å²) >= 11 is 6.83. The summed E-state index contributed by atoms with van der Waals surface area (Å²) in [7, 11) is -4.09. The van der Waals surface area contributed by atoms with E-state index in [1.165, 1.54) is 17.0 Å². The largest absolute Gasteiger partial charge is 0.354 e. The van der Waals surface area contributed by atoms with E-state index in [4.69, 9.17) is 0 Å². The number of nitrogens with zero attached hydrogens (tertiary/aromatic N) is 2. The van der Waals surface area contributed by atoms with Crippen molar-refractivity contribution in [3.63, 3.8) is 0 Å². The molecule has 2 amide bonds. The molecule has 10 heteroatoms. The molecule has 0 heterocycles. The predicted molar refractivity (Wildman–Crippen MR) is 157 cm³/mol. The minimum absolute atomic E-state index is 0.0751. The molecule has 0 bridgehead atoms. The quantitative estimate of drug-likeness (QED) is 0.287. The van der Waals surface area contributed by atoms with Crippen molar-refractivity contribution in [1.82, 2.24) is 10.2 Å². The van der Waals surface area contributed by atoms with Gasteiger partial charge in [-0.2, -0.15) is 0 Å². The Morgan fingerprint density at radius 1 is 0.947 bits per heavy atom. The number of anilines is 1. The minimum Gasteiger partial charge on any atom is -0.354 e. The monoisotopic (exact) mass is 663 g/mol. The molecule has 202 valence electrons. The van der Waals surface area contributed by atoms with E-state index in [9.17, 15) is 18.0 Å². The van der Waals surface area contributed by atoms with Crippen LogP contribution in [0.15, 0.2) is 86.6 Å². The standard InChI is InChI=1S/C28H31Br2N3O4S/c1-4-16-31-28(35)21(3)32(18-22-6-5-7-24(30)17-22)27(34)19-33(25-12-10-23(29)11-13-25)38(36,37)26-14-8-20(2)9-15-26/h5-15,17,21H,4,16,18-19H2,1-3H3,(H,31,35). The average molecular weight is 665 g/mol. The summed E-state index contributed by atoms with van der Waals surface area (Å²) in [5.41, 5.74) is 2.06. The van der Waals surface area contributed by atoms with E-state index in [0.717, 1.165) is 30.8 Å². The van der Waals surface area contributed by atoms with Gasteiger partial charge >= 0.3 is 0 Å². The minimum atomic E-state index is -4.09. The van der Waals surface area contributed by atoms with Gasteiger partial charge in [-0.05, 0) is 74.4 Å². The van der Waals surface area contributed by atoms with Crippen LogP contribution in [0.4, 0.5) is 5.69 Å². The van der Waals surface area contributed by atoms with Crippen molar-refractivity contribution >= 4 is 59.4 Å². The molecule has 0 radical (unpaired) electrons. The highest BCUT2D eigenvalue weighted by Gasteiger charge is 2.32. The van der Waals surface area contributed by atoms with Gasteiger partial charge in [-0.1, -0.05) is 68.6 Å². The fourth-order valence-electron chi connectivity index (χ4n) is 3.78. The SMILES string of the molecule is CCCNC(=O)C(C)N(Cc1cccc(Br)c1)C(=O)CN(c1ccc(Br)cc1)S(=O)(=O)c1ccc(C)cc1. The summed E-state index contributed by atoms with van der Waals surface area (Å²) < 4.78 is 30.3. The van der Waals surface area contributed by atoms with Crippen LogP contribution in [0.5, 0.6) is 0 Å². The first-order chi connectivity index (χ1) is 18.0. The zero-order valence-electron chi connectivity index (χ0n) is 21.5. The third kappa shape index (κ3) is 7.68. The molecule has 1 N–H and O–H groups in total. The number of halogens is 2. The van der Waals surface area contributed by atoms with Gasteiger partial charge in [0, 0.05) is 22.0 Å². The fraction of sp³-hybridized carbons (Fsp3) is 0.286. The highest BCUT2D eigenvalue weighted by atomic mass is 79.9. The molecule has 3 aromatic carbocycles. The Labute approximate surface area is 241 Å². The Morgan fingerprint density at radius 2 is 1.61 bits per heavy atom. The number of amides is 2. The van der Waals surface area contributed by atoms with Crippen molar-refractivity contribution in [1.29, 1.82) is 0 Å². The van der Waals surface area contributed by atoms with Gasteiger partial charge in [0.25, 0.3) is 10.0 Å². The predicted octanol–water partition coefficient (Wildman–Crippen LogP) is 5.66. The van der Waals surface area contributed by atoms with Crippen molar-refractivity contribution < 1.29 is 18.0 Å². The zero-order chi connectivity index (χ0) is 27.9. The van der Waals surface area contributed by atoms with Crippen molar-refractivity contribution in [2.75, 3.05) is 17.4 Å². The average Bonchev–Trinajstić information content (AvgIpc) is 2.89. The molecule has 0 aliphatic heterocycles. The normalized spacial score (nSPS) is 12.0. The summed E-state index contributed by atoms with van der Waals surface area (Å²) in [5.74, 6) is -0.797. The second-order valence-electron chi connectivity index (χ2n) is 8.92. The van der Waals surface area contributed by atoms with Crippen LogP contribution in [0.3, 0.4) is 0 Å². The van der Waals surface area contributed by atoms with Crippen LogP contribution in [0.25, 0.3) is 0 Å².